The summed E-state index contributed by atoms with van der Waals surface area (Å²) in [6.45, 7) is 0.228. The van der Waals surface area contributed by atoms with Crippen molar-refractivity contribution < 1.29 is 19.4 Å². The van der Waals surface area contributed by atoms with Crippen LogP contribution in [-0.2, 0) is 9.53 Å². The van der Waals surface area contributed by atoms with Crippen molar-refractivity contribution in [2.24, 2.45) is 0 Å². The molecule has 1 aromatic rings. The maximum atomic E-state index is 10.1. The molecule has 1 aromatic carbocycles. The van der Waals surface area contributed by atoms with Crippen LogP contribution < -0.4 is 4.74 Å². The number of carbonyl (C=O) groups is 1. The molecule has 0 heterocycles. The average molecular weight is 231 g/mol. The van der Waals surface area contributed by atoms with E-state index in [1.807, 2.05) is 0 Å². The van der Waals surface area contributed by atoms with Crippen molar-refractivity contribution in [2.45, 2.75) is 0 Å². The average Bonchev–Trinajstić information content (AvgIpc) is 2.17. The molecule has 1 N–H and O–H groups in total. The number of carboxylic acids is 1. The summed E-state index contributed by atoms with van der Waals surface area (Å²) in [7, 11) is 0. The van der Waals surface area contributed by atoms with Crippen LogP contribution in [0.3, 0.4) is 0 Å². The number of ether oxygens (including phenoxy) is 2. The molecular formula is C10H11ClO4. The number of hydrogen-bond acceptors (Lipinski definition) is 3. The van der Waals surface area contributed by atoms with Gasteiger partial charge in [-0.1, -0.05) is 17.7 Å². The lowest BCUT2D eigenvalue weighted by atomic mass is 10.3. The van der Waals surface area contributed by atoms with Crippen LogP contribution in [0.4, 0.5) is 0 Å². The molecule has 0 spiro atoms. The quantitative estimate of drug-likeness (QED) is 0.758. The smallest absolute Gasteiger partial charge is 0.329 e. The van der Waals surface area contributed by atoms with Gasteiger partial charge in [0.05, 0.1) is 6.61 Å². The SMILES string of the molecule is O=C(O)COCCOc1cccc(Cl)c1. The van der Waals surface area contributed by atoms with Gasteiger partial charge in [-0.05, 0) is 18.2 Å². The minimum Gasteiger partial charge on any atom is -0.491 e. The monoisotopic (exact) mass is 230 g/mol. The third-order valence-corrected chi connectivity index (χ3v) is 1.75. The Morgan fingerprint density at radius 2 is 2.20 bits per heavy atom. The molecule has 4 nitrogen and oxygen atoms in total. The number of hydrogen-bond donors (Lipinski definition) is 1. The lowest BCUT2D eigenvalue weighted by Gasteiger charge is -2.05. The Morgan fingerprint density at radius 1 is 1.40 bits per heavy atom. The molecule has 0 saturated carbocycles. The zero-order chi connectivity index (χ0) is 11.1. The summed E-state index contributed by atoms with van der Waals surface area (Å²) in [5.41, 5.74) is 0. The third kappa shape index (κ3) is 5.24. The van der Waals surface area contributed by atoms with Gasteiger partial charge in [0.2, 0.25) is 0 Å². The van der Waals surface area contributed by atoms with Gasteiger partial charge in [-0.3, -0.25) is 0 Å². The zero-order valence-corrected chi connectivity index (χ0v) is 8.74. The molecular weight excluding hydrogens is 220 g/mol. The Labute approximate surface area is 92.4 Å². The van der Waals surface area contributed by atoms with Crippen LogP contribution in [0.5, 0.6) is 5.75 Å². The lowest BCUT2D eigenvalue weighted by Crippen LogP contribution is -2.12. The number of halogens is 1. The molecule has 1 rings (SSSR count). The van der Waals surface area contributed by atoms with Crippen LogP contribution in [0.15, 0.2) is 24.3 Å². The van der Waals surface area contributed by atoms with Crippen molar-refractivity contribution in [3.05, 3.63) is 29.3 Å². The Morgan fingerprint density at radius 3 is 2.87 bits per heavy atom. The largest absolute Gasteiger partial charge is 0.491 e. The highest BCUT2D eigenvalue weighted by Crippen LogP contribution is 2.16. The highest BCUT2D eigenvalue weighted by atomic mass is 35.5. The van der Waals surface area contributed by atoms with Gasteiger partial charge in [0.15, 0.2) is 0 Å². The molecule has 0 aliphatic carbocycles. The Bertz CT molecular complexity index is 327. The highest BCUT2D eigenvalue weighted by Gasteiger charge is 1.97. The first kappa shape index (κ1) is 11.8. The first-order chi connectivity index (χ1) is 7.18. The van der Waals surface area contributed by atoms with Crippen LogP contribution in [0.1, 0.15) is 0 Å². The van der Waals surface area contributed by atoms with Crippen LogP contribution in [0.25, 0.3) is 0 Å². The van der Waals surface area contributed by atoms with Gasteiger partial charge in [0.1, 0.15) is 19.0 Å². The Hall–Kier alpha value is -1.26. The topological polar surface area (TPSA) is 55.8 Å². The maximum absolute atomic E-state index is 10.1. The molecule has 0 atom stereocenters. The van der Waals surface area contributed by atoms with Crippen LogP contribution in [0, 0.1) is 0 Å². The van der Waals surface area contributed by atoms with Crippen molar-refractivity contribution in [1.29, 1.82) is 0 Å². The molecule has 0 radical (unpaired) electrons. The van der Waals surface area contributed by atoms with E-state index in [9.17, 15) is 4.79 Å². The van der Waals surface area contributed by atoms with Crippen LogP contribution in [-0.4, -0.2) is 30.9 Å². The summed E-state index contributed by atoms with van der Waals surface area (Å²) < 4.78 is 10.1. The van der Waals surface area contributed by atoms with Gasteiger partial charge in [0.25, 0.3) is 0 Å². The van der Waals surface area contributed by atoms with Crippen molar-refractivity contribution in [3.63, 3.8) is 0 Å². The van der Waals surface area contributed by atoms with E-state index < -0.39 is 5.97 Å². The molecule has 0 amide bonds. The summed E-state index contributed by atoms with van der Waals surface area (Å²) >= 11 is 5.74. The number of rotatable bonds is 6. The molecule has 82 valence electrons. The fourth-order valence-electron chi connectivity index (χ4n) is 0.935. The molecule has 0 fully saturated rings. The number of carboxylic acid groups (broad SMARTS) is 1. The van der Waals surface area contributed by atoms with E-state index in [1.54, 1.807) is 24.3 Å². The van der Waals surface area contributed by atoms with Crippen molar-refractivity contribution in [2.75, 3.05) is 19.8 Å². The van der Waals surface area contributed by atoms with Gasteiger partial charge < -0.3 is 14.6 Å². The predicted molar refractivity (Wildman–Crippen MR) is 55.4 cm³/mol. The molecule has 0 aliphatic heterocycles. The van der Waals surface area contributed by atoms with Gasteiger partial charge in [-0.25, -0.2) is 4.79 Å². The van der Waals surface area contributed by atoms with Gasteiger partial charge >= 0.3 is 5.97 Å². The first-order valence-corrected chi connectivity index (χ1v) is 4.74. The van der Waals surface area contributed by atoms with Gasteiger partial charge in [-0.2, -0.15) is 0 Å². The van der Waals surface area contributed by atoms with Crippen molar-refractivity contribution in [3.8, 4) is 5.75 Å². The van der Waals surface area contributed by atoms with E-state index in [4.69, 9.17) is 26.2 Å². The molecule has 0 unspecified atom stereocenters. The molecule has 15 heavy (non-hydrogen) atoms. The molecule has 0 bridgehead atoms. The second-order valence-electron chi connectivity index (χ2n) is 2.75. The predicted octanol–water partition coefficient (Wildman–Crippen LogP) is 1.82. The van der Waals surface area contributed by atoms with E-state index in [1.165, 1.54) is 0 Å². The van der Waals surface area contributed by atoms with Crippen molar-refractivity contribution >= 4 is 17.6 Å². The van der Waals surface area contributed by atoms with E-state index in [0.717, 1.165) is 0 Å². The standard InChI is InChI=1S/C10H11ClO4/c11-8-2-1-3-9(6-8)15-5-4-14-7-10(12)13/h1-3,6H,4-5,7H2,(H,12,13). The fraction of sp³-hybridized carbons (Fsp3) is 0.300. The Balaban J connectivity index is 2.17. The molecule has 0 aromatic heterocycles. The molecule has 5 heteroatoms. The van der Waals surface area contributed by atoms with Crippen LogP contribution in [0.2, 0.25) is 5.02 Å². The highest BCUT2D eigenvalue weighted by molar-refractivity contribution is 6.30. The second kappa shape index (κ2) is 6.27. The maximum Gasteiger partial charge on any atom is 0.329 e. The number of benzene rings is 1. The van der Waals surface area contributed by atoms with Gasteiger partial charge in [0, 0.05) is 5.02 Å². The zero-order valence-electron chi connectivity index (χ0n) is 7.98. The van der Waals surface area contributed by atoms with E-state index >= 15 is 0 Å². The van der Waals surface area contributed by atoms with Crippen LogP contribution >= 0.6 is 11.6 Å². The third-order valence-electron chi connectivity index (χ3n) is 1.52. The normalized spacial score (nSPS) is 9.93. The van der Waals surface area contributed by atoms with E-state index in [0.29, 0.717) is 17.4 Å². The van der Waals surface area contributed by atoms with E-state index in [2.05, 4.69) is 0 Å². The molecule has 0 aliphatic rings. The first-order valence-electron chi connectivity index (χ1n) is 4.36. The fourth-order valence-corrected chi connectivity index (χ4v) is 1.11. The summed E-state index contributed by atoms with van der Waals surface area (Å²) in [5.74, 6) is -0.348. The minimum atomic E-state index is -0.988. The summed E-state index contributed by atoms with van der Waals surface area (Å²) in [6.07, 6.45) is 0. The lowest BCUT2D eigenvalue weighted by molar-refractivity contribution is -0.142. The number of aliphatic carboxylic acids is 1. The van der Waals surface area contributed by atoms with Gasteiger partial charge in [-0.15, -0.1) is 0 Å². The Kier molecular flexibility index (Phi) is 4.93. The van der Waals surface area contributed by atoms with E-state index in [-0.39, 0.29) is 13.2 Å². The second-order valence-corrected chi connectivity index (χ2v) is 3.19. The summed E-state index contributed by atoms with van der Waals surface area (Å²) in [6, 6.07) is 6.97. The summed E-state index contributed by atoms with van der Waals surface area (Å²) in [4.78, 5) is 10.1. The molecule has 0 saturated heterocycles. The minimum absolute atomic E-state index is 0.235. The van der Waals surface area contributed by atoms with Crippen molar-refractivity contribution in [1.82, 2.24) is 0 Å². The summed E-state index contributed by atoms with van der Waals surface area (Å²) in [5, 5.41) is 8.88.